The quantitative estimate of drug-likeness (QED) is 0.439. The van der Waals surface area contributed by atoms with Crippen LogP contribution in [-0.4, -0.2) is 41.9 Å². The van der Waals surface area contributed by atoms with E-state index in [4.69, 9.17) is 0 Å². The Hall–Kier alpha value is -2.69. The van der Waals surface area contributed by atoms with Gasteiger partial charge in [0.15, 0.2) is 11.0 Å². The van der Waals surface area contributed by atoms with Gasteiger partial charge in [-0.3, -0.25) is 4.79 Å². The minimum absolute atomic E-state index is 0.0740. The zero-order chi connectivity index (χ0) is 23.1. The fraction of sp³-hybridized carbons (Fsp3) is 0.318. The van der Waals surface area contributed by atoms with Gasteiger partial charge in [-0.1, -0.05) is 60.3 Å². The minimum Gasteiger partial charge on any atom is -0.351 e. The highest BCUT2D eigenvalue weighted by molar-refractivity contribution is 7.99. The van der Waals surface area contributed by atoms with Crippen LogP contribution in [0, 0.1) is 6.92 Å². The van der Waals surface area contributed by atoms with Crippen molar-refractivity contribution in [3.63, 3.8) is 0 Å². The second kappa shape index (κ2) is 10.8. The molecule has 2 aromatic carbocycles. The van der Waals surface area contributed by atoms with E-state index < -0.39 is 10.0 Å². The predicted octanol–water partition coefficient (Wildman–Crippen LogP) is 2.73. The SMILES string of the molecule is CCn1c(SCC(=O)NCc2ccc(CS(=O)(=O)NC)cc2)nnc1-c1ccccc1C. The standard InChI is InChI=1S/C22H27N5O3S2/c1-4-27-21(19-8-6-5-7-16(19)2)25-26-22(27)31-14-20(28)24-13-17-9-11-18(12-10-17)15-32(29,30)23-3/h5-12,23H,4,13-15H2,1-3H3,(H,24,28). The number of nitrogens with zero attached hydrogens (tertiary/aromatic N) is 3. The summed E-state index contributed by atoms with van der Waals surface area (Å²) >= 11 is 1.35. The lowest BCUT2D eigenvalue weighted by Crippen LogP contribution is -2.24. The van der Waals surface area contributed by atoms with Gasteiger partial charge < -0.3 is 9.88 Å². The van der Waals surface area contributed by atoms with E-state index in [-0.39, 0.29) is 17.4 Å². The summed E-state index contributed by atoms with van der Waals surface area (Å²) in [6, 6.07) is 15.2. The molecule has 32 heavy (non-hydrogen) atoms. The van der Waals surface area contributed by atoms with E-state index in [1.165, 1.54) is 18.8 Å². The number of sulfonamides is 1. The second-order valence-corrected chi connectivity index (χ2v) is 10.1. The number of hydrogen-bond acceptors (Lipinski definition) is 6. The van der Waals surface area contributed by atoms with Gasteiger partial charge in [-0.2, -0.15) is 0 Å². The average molecular weight is 474 g/mol. The third kappa shape index (κ3) is 6.18. The molecule has 2 N–H and O–H groups in total. The van der Waals surface area contributed by atoms with Crippen molar-refractivity contribution in [1.29, 1.82) is 0 Å². The molecule has 10 heteroatoms. The van der Waals surface area contributed by atoms with Crippen molar-refractivity contribution >= 4 is 27.7 Å². The molecule has 0 aliphatic carbocycles. The fourth-order valence-corrected chi connectivity index (χ4v) is 4.74. The van der Waals surface area contributed by atoms with Gasteiger partial charge in [-0.05, 0) is 37.6 Å². The summed E-state index contributed by atoms with van der Waals surface area (Å²) in [5.74, 6) is 0.841. The monoisotopic (exact) mass is 473 g/mol. The first-order valence-electron chi connectivity index (χ1n) is 10.2. The van der Waals surface area contributed by atoms with E-state index >= 15 is 0 Å². The van der Waals surface area contributed by atoms with Crippen LogP contribution in [0.25, 0.3) is 11.4 Å². The van der Waals surface area contributed by atoms with Gasteiger partial charge in [-0.15, -0.1) is 10.2 Å². The number of benzene rings is 2. The van der Waals surface area contributed by atoms with Crippen LogP contribution >= 0.6 is 11.8 Å². The molecule has 8 nitrogen and oxygen atoms in total. The Morgan fingerprint density at radius 3 is 2.41 bits per heavy atom. The van der Waals surface area contributed by atoms with Crippen molar-refractivity contribution in [2.24, 2.45) is 0 Å². The molecule has 0 saturated carbocycles. The Bertz CT molecular complexity index is 1170. The smallest absolute Gasteiger partial charge is 0.230 e. The first-order chi connectivity index (χ1) is 15.3. The number of aromatic nitrogens is 3. The van der Waals surface area contributed by atoms with Crippen LogP contribution in [-0.2, 0) is 33.7 Å². The summed E-state index contributed by atoms with van der Waals surface area (Å²) in [6.07, 6.45) is 0. The van der Waals surface area contributed by atoms with Crippen LogP contribution in [0.2, 0.25) is 0 Å². The van der Waals surface area contributed by atoms with E-state index in [0.29, 0.717) is 23.8 Å². The van der Waals surface area contributed by atoms with Crippen LogP contribution in [0.1, 0.15) is 23.6 Å². The lowest BCUT2D eigenvalue weighted by molar-refractivity contribution is -0.118. The molecule has 0 saturated heterocycles. The molecular formula is C22H27N5O3S2. The molecule has 0 fully saturated rings. The second-order valence-electron chi connectivity index (χ2n) is 7.21. The molecule has 0 unspecified atom stereocenters. The number of carbonyl (C=O) groups excluding carboxylic acids is 1. The number of thioether (sulfide) groups is 1. The molecule has 0 aliphatic rings. The largest absolute Gasteiger partial charge is 0.351 e. The maximum Gasteiger partial charge on any atom is 0.230 e. The highest BCUT2D eigenvalue weighted by Gasteiger charge is 2.16. The summed E-state index contributed by atoms with van der Waals surface area (Å²) < 4.78 is 27.5. The first-order valence-corrected chi connectivity index (χ1v) is 12.8. The van der Waals surface area contributed by atoms with Gasteiger partial charge in [-0.25, -0.2) is 13.1 Å². The van der Waals surface area contributed by atoms with Crippen molar-refractivity contribution in [2.45, 2.75) is 37.8 Å². The molecule has 0 aliphatic heterocycles. The summed E-state index contributed by atoms with van der Waals surface area (Å²) in [7, 11) is -1.91. The topological polar surface area (TPSA) is 106 Å². The van der Waals surface area contributed by atoms with E-state index in [2.05, 4.69) is 20.2 Å². The zero-order valence-corrected chi connectivity index (χ0v) is 20.0. The van der Waals surface area contributed by atoms with Gasteiger partial charge in [0.25, 0.3) is 0 Å². The Morgan fingerprint density at radius 2 is 1.75 bits per heavy atom. The number of aryl methyl sites for hydroxylation is 1. The first kappa shape index (κ1) is 24.0. The molecule has 0 radical (unpaired) electrons. The number of nitrogens with one attached hydrogen (secondary N) is 2. The van der Waals surface area contributed by atoms with E-state index in [1.807, 2.05) is 54.8 Å². The molecule has 170 valence electrons. The Kier molecular flexibility index (Phi) is 8.05. The molecule has 0 atom stereocenters. The fourth-order valence-electron chi connectivity index (χ4n) is 3.13. The van der Waals surface area contributed by atoms with Crippen LogP contribution in [0.5, 0.6) is 0 Å². The maximum atomic E-state index is 12.3. The van der Waals surface area contributed by atoms with Crippen LogP contribution in [0.15, 0.2) is 53.7 Å². The Balaban J connectivity index is 1.55. The van der Waals surface area contributed by atoms with Crippen molar-refractivity contribution in [1.82, 2.24) is 24.8 Å². The Morgan fingerprint density at radius 1 is 1.06 bits per heavy atom. The number of amides is 1. The predicted molar refractivity (Wildman–Crippen MR) is 127 cm³/mol. The summed E-state index contributed by atoms with van der Waals surface area (Å²) in [5, 5.41) is 12.2. The van der Waals surface area contributed by atoms with Gasteiger partial charge >= 0.3 is 0 Å². The molecule has 1 heterocycles. The highest BCUT2D eigenvalue weighted by atomic mass is 32.2. The van der Waals surface area contributed by atoms with Crippen LogP contribution in [0.3, 0.4) is 0 Å². The third-order valence-corrected chi connectivity index (χ3v) is 7.23. The number of hydrogen-bond donors (Lipinski definition) is 2. The van der Waals surface area contributed by atoms with Gasteiger partial charge in [0.1, 0.15) is 0 Å². The summed E-state index contributed by atoms with van der Waals surface area (Å²) in [6.45, 7) is 5.14. The minimum atomic E-state index is -3.30. The van der Waals surface area contributed by atoms with Crippen molar-refractivity contribution in [3.8, 4) is 11.4 Å². The zero-order valence-electron chi connectivity index (χ0n) is 18.3. The number of rotatable bonds is 10. The Labute approximate surface area is 192 Å². The molecule has 1 aromatic heterocycles. The van der Waals surface area contributed by atoms with Crippen molar-refractivity contribution in [2.75, 3.05) is 12.8 Å². The van der Waals surface area contributed by atoms with Gasteiger partial charge in [0.2, 0.25) is 15.9 Å². The molecule has 1 amide bonds. The lowest BCUT2D eigenvalue weighted by atomic mass is 10.1. The summed E-state index contributed by atoms with van der Waals surface area (Å²) in [4.78, 5) is 12.3. The van der Waals surface area contributed by atoms with Crippen LogP contribution in [0.4, 0.5) is 0 Å². The maximum absolute atomic E-state index is 12.3. The third-order valence-electron chi connectivity index (χ3n) is 4.93. The van der Waals surface area contributed by atoms with Crippen molar-refractivity contribution < 1.29 is 13.2 Å². The molecule has 3 rings (SSSR count). The van der Waals surface area contributed by atoms with Crippen molar-refractivity contribution in [3.05, 3.63) is 65.2 Å². The summed E-state index contributed by atoms with van der Waals surface area (Å²) in [5.41, 5.74) is 3.74. The highest BCUT2D eigenvalue weighted by Crippen LogP contribution is 2.26. The molecule has 0 spiro atoms. The lowest BCUT2D eigenvalue weighted by Gasteiger charge is -2.09. The molecule has 3 aromatic rings. The molecule has 0 bridgehead atoms. The van der Waals surface area contributed by atoms with Gasteiger partial charge in [0, 0.05) is 18.7 Å². The normalized spacial score (nSPS) is 11.5. The van der Waals surface area contributed by atoms with E-state index in [0.717, 1.165) is 22.5 Å². The van der Waals surface area contributed by atoms with E-state index in [9.17, 15) is 13.2 Å². The average Bonchev–Trinajstić information content (AvgIpc) is 3.20. The number of carbonyl (C=O) groups is 1. The van der Waals surface area contributed by atoms with Crippen LogP contribution < -0.4 is 10.0 Å². The molecular weight excluding hydrogens is 446 g/mol. The van der Waals surface area contributed by atoms with Gasteiger partial charge in [0.05, 0.1) is 11.5 Å². The van der Waals surface area contributed by atoms with E-state index in [1.54, 1.807) is 12.1 Å².